The van der Waals surface area contributed by atoms with Gasteiger partial charge in [-0.1, -0.05) is 0 Å². The summed E-state index contributed by atoms with van der Waals surface area (Å²) >= 11 is 1.71. The smallest absolute Gasteiger partial charge is 0.290 e. The molecule has 0 bridgehead atoms. The van der Waals surface area contributed by atoms with E-state index in [9.17, 15) is 0 Å². The Balaban J connectivity index is 0.000000569. The molecular weight excluding hydrogens is 338 g/mol. The zero-order valence-electron chi connectivity index (χ0n) is 14.0. The van der Waals surface area contributed by atoms with Gasteiger partial charge in [0.25, 0.3) is 6.47 Å². The van der Waals surface area contributed by atoms with Crippen molar-refractivity contribution in [1.82, 2.24) is 24.1 Å². The number of rotatable bonds is 2. The third-order valence-electron chi connectivity index (χ3n) is 3.74. The monoisotopic (exact) mass is 355 g/mol. The topological polar surface area (TPSA) is 85.8 Å². The van der Waals surface area contributed by atoms with Gasteiger partial charge in [0.2, 0.25) is 0 Å². The van der Waals surface area contributed by atoms with E-state index >= 15 is 0 Å². The number of aromatic nitrogens is 5. The molecule has 0 aliphatic rings. The highest BCUT2D eigenvalue weighted by Crippen LogP contribution is 2.26. The number of imidazole rings is 2. The largest absolute Gasteiger partial charge is 0.483 e. The molecule has 0 aliphatic heterocycles. The number of benzene rings is 1. The molecular formula is C17H17N5O2S. The van der Waals surface area contributed by atoms with E-state index in [1.54, 1.807) is 11.3 Å². The Morgan fingerprint density at radius 3 is 2.68 bits per heavy atom. The molecule has 0 saturated heterocycles. The third kappa shape index (κ3) is 3.29. The first-order chi connectivity index (χ1) is 12.0. The SMILES string of the molecule is Cc1nc2ccc(-n3ccnc3-c3cn(C)c(C)n3)cc2s1.O=CO. The van der Waals surface area contributed by atoms with Gasteiger partial charge in [0.1, 0.15) is 11.5 Å². The van der Waals surface area contributed by atoms with E-state index in [4.69, 9.17) is 9.90 Å². The van der Waals surface area contributed by atoms with Crippen molar-refractivity contribution in [1.29, 1.82) is 0 Å². The summed E-state index contributed by atoms with van der Waals surface area (Å²) in [6, 6.07) is 6.28. The quantitative estimate of drug-likeness (QED) is 0.558. The van der Waals surface area contributed by atoms with E-state index in [1.165, 1.54) is 4.70 Å². The van der Waals surface area contributed by atoms with Crippen molar-refractivity contribution >= 4 is 28.0 Å². The second-order valence-electron chi connectivity index (χ2n) is 5.40. The lowest BCUT2D eigenvalue weighted by Gasteiger charge is -2.06. The van der Waals surface area contributed by atoms with Crippen LogP contribution < -0.4 is 0 Å². The van der Waals surface area contributed by atoms with E-state index in [-0.39, 0.29) is 6.47 Å². The number of thiazole rings is 1. The number of nitrogens with zero attached hydrogens (tertiary/aromatic N) is 5. The minimum absolute atomic E-state index is 0.250. The van der Waals surface area contributed by atoms with Gasteiger partial charge in [-0.2, -0.15) is 0 Å². The maximum Gasteiger partial charge on any atom is 0.290 e. The predicted octanol–water partition coefficient (Wildman–Crippen LogP) is 3.20. The van der Waals surface area contributed by atoms with Gasteiger partial charge >= 0.3 is 0 Å². The highest BCUT2D eigenvalue weighted by molar-refractivity contribution is 7.18. The van der Waals surface area contributed by atoms with E-state index < -0.39 is 0 Å². The van der Waals surface area contributed by atoms with Crippen molar-refractivity contribution in [2.75, 3.05) is 0 Å². The first-order valence-corrected chi connectivity index (χ1v) is 8.34. The van der Waals surface area contributed by atoms with Crippen LogP contribution in [0.25, 0.3) is 27.4 Å². The van der Waals surface area contributed by atoms with Crippen LogP contribution in [0.15, 0.2) is 36.8 Å². The fraction of sp³-hybridized carbons (Fsp3) is 0.176. The summed E-state index contributed by atoms with van der Waals surface area (Å²) in [5.74, 6) is 1.82. The second kappa shape index (κ2) is 6.86. The number of hydrogen-bond donors (Lipinski definition) is 1. The molecule has 0 saturated carbocycles. The molecule has 3 aromatic heterocycles. The lowest BCUT2D eigenvalue weighted by molar-refractivity contribution is -0.122. The highest BCUT2D eigenvalue weighted by Gasteiger charge is 2.12. The summed E-state index contributed by atoms with van der Waals surface area (Å²) in [4.78, 5) is 21.9. The molecule has 0 unspecified atom stereocenters. The van der Waals surface area contributed by atoms with E-state index in [1.807, 2.05) is 44.1 Å². The Labute approximate surface area is 148 Å². The van der Waals surface area contributed by atoms with E-state index in [0.29, 0.717) is 0 Å². The van der Waals surface area contributed by atoms with Crippen LogP contribution in [0.4, 0.5) is 0 Å². The average Bonchev–Trinajstić information content (AvgIpc) is 3.25. The van der Waals surface area contributed by atoms with Crippen molar-refractivity contribution in [2.45, 2.75) is 13.8 Å². The van der Waals surface area contributed by atoms with Crippen LogP contribution in [0.5, 0.6) is 0 Å². The zero-order chi connectivity index (χ0) is 18.0. The lowest BCUT2D eigenvalue weighted by Crippen LogP contribution is -1.96. The molecule has 1 N–H and O–H groups in total. The molecule has 3 heterocycles. The zero-order valence-corrected chi connectivity index (χ0v) is 14.9. The summed E-state index contributed by atoms with van der Waals surface area (Å²) in [5.41, 5.74) is 3.00. The number of carbonyl (C=O) groups is 1. The summed E-state index contributed by atoms with van der Waals surface area (Å²) in [5, 5.41) is 7.97. The van der Waals surface area contributed by atoms with Crippen LogP contribution in [0.1, 0.15) is 10.8 Å². The minimum atomic E-state index is -0.250. The van der Waals surface area contributed by atoms with Crippen LogP contribution in [-0.2, 0) is 11.8 Å². The van der Waals surface area contributed by atoms with Gasteiger partial charge in [0, 0.05) is 31.3 Å². The maximum absolute atomic E-state index is 8.36. The molecule has 0 fully saturated rings. The van der Waals surface area contributed by atoms with Crippen LogP contribution in [-0.4, -0.2) is 35.7 Å². The van der Waals surface area contributed by atoms with Crippen LogP contribution >= 0.6 is 11.3 Å². The molecule has 0 radical (unpaired) electrons. The molecule has 128 valence electrons. The number of carboxylic acid groups (broad SMARTS) is 1. The Bertz CT molecular complexity index is 1010. The Hall–Kier alpha value is -3.00. The maximum atomic E-state index is 8.36. The normalized spacial score (nSPS) is 10.5. The summed E-state index contributed by atoms with van der Waals surface area (Å²) in [7, 11) is 1.99. The standard InChI is InChI=1S/C16H15N5S.CH2O2/c1-10-18-14(9-20(10)3)16-17-6-7-21(16)12-4-5-13-15(8-12)22-11(2)19-13;2-1-3/h4-9H,1-3H3;1H,(H,2,3). The van der Waals surface area contributed by atoms with E-state index in [2.05, 4.69) is 37.7 Å². The number of hydrogen-bond acceptors (Lipinski definition) is 5. The Morgan fingerprint density at radius 1 is 1.24 bits per heavy atom. The van der Waals surface area contributed by atoms with Crippen LogP contribution in [0, 0.1) is 13.8 Å². The molecule has 1 aromatic carbocycles. The van der Waals surface area contributed by atoms with Gasteiger partial charge in [-0.05, 0) is 32.0 Å². The van der Waals surface area contributed by atoms with Crippen LogP contribution in [0.2, 0.25) is 0 Å². The van der Waals surface area contributed by atoms with Crippen molar-refractivity contribution in [3.63, 3.8) is 0 Å². The van der Waals surface area contributed by atoms with Gasteiger partial charge in [-0.3, -0.25) is 9.36 Å². The number of aryl methyl sites for hydroxylation is 3. The van der Waals surface area contributed by atoms with E-state index in [0.717, 1.165) is 33.6 Å². The van der Waals surface area contributed by atoms with Gasteiger partial charge in [-0.15, -0.1) is 11.3 Å². The molecule has 0 spiro atoms. The fourth-order valence-electron chi connectivity index (χ4n) is 2.55. The van der Waals surface area contributed by atoms with Gasteiger partial charge < -0.3 is 9.67 Å². The first-order valence-electron chi connectivity index (χ1n) is 7.52. The first kappa shape index (κ1) is 16.8. The van der Waals surface area contributed by atoms with Gasteiger partial charge in [0.05, 0.1) is 15.2 Å². The summed E-state index contributed by atoms with van der Waals surface area (Å²) < 4.78 is 5.26. The molecule has 25 heavy (non-hydrogen) atoms. The summed E-state index contributed by atoms with van der Waals surface area (Å²) in [6.07, 6.45) is 5.78. The molecule has 0 aliphatic carbocycles. The van der Waals surface area contributed by atoms with Crippen molar-refractivity contribution < 1.29 is 9.90 Å². The van der Waals surface area contributed by atoms with Crippen molar-refractivity contribution in [2.24, 2.45) is 7.05 Å². The molecule has 4 aromatic rings. The molecule has 4 rings (SSSR count). The summed E-state index contributed by atoms with van der Waals surface area (Å²) in [6.45, 7) is 3.77. The van der Waals surface area contributed by atoms with Crippen molar-refractivity contribution in [3.05, 3.63) is 47.6 Å². The second-order valence-corrected chi connectivity index (χ2v) is 6.63. The average molecular weight is 355 g/mol. The van der Waals surface area contributed by atoms with Crippen LogP contribution in [0.3, 0.4) is 0 Å². The molecule has 0 atom stereocenters. The fourth-order valence-corrected chi connectivity index (χ4v) is 3.41. The van der Waals surface area contributed by atoms with Gasteiger partial charge in [0.15, 0.2) is 5.82 Å². The Morgan fingerprint density at radius 2 is 2.00 bits per heavy atom. The third-order valence-corrected chi connectivity index (χ3v) is 4.67. The predicted molar refractivity (Wildman–Crippen MR) is 97.1 cm³/mol. The lowest BCUT2D eigenvalue weighted by atomic mass is 10.3. The number of fused-ring (bicyclic) bond motifs is 1. The van der Waals surface area contributed by atoms with Crippen molar-refractivity contribution in [3.8, 4) is 17.2 Å². The molecule has 7 nitrogen and oxygen atoms in total. The van der Waals surface area contributed by atoms with Gasteiger partial charge in [-0.25, -0.2) is 15.0 Å². The highest BCUT2D eigenvalue weighted by atomic mass is 32.1. The molecule has 8 heteroatoms. The molecule has 0 amide bonds. The minimum Gasteiger partial charge on any atom is -0.483 e. The Kier molecular flexibility index (Phi) is 4.62.